The standard InChI is InChI=1S/C12H21N5O2/c1-3-13-10-15-11(17-12(16-10)19-4-2)14-9-6-5-7-18-8-9/h9H,3-8H2,1-2H3,(H2,13,14,15,16,17). The Labute approximate surface area is 113 Å². The molecule has 1 aliphatic rings. The van der Waals surface area contributed by atoms with E-state index in [1.165, 1.54) is 0 Å². The van der Waals surface area contributed by atoms with Crippen LogP contribution in [0.5, 0.6) is 6.01 Å². The van der Waals surface area contributed by atoms with Crippen molar-refractivity contribution in [2.75, 3.05) is 37.0 Å². The van der Waals surface area contributed by atoms with E-state index in [-0.39, 0.29) is 6.04 Å². The molecule has 19 heavy (non-hydrogen) atoms. The molecule has 0 spiro atoms. The predicted octanol–water partition coefficient (Wildman–Crippen LogP) is 1.29. The maximum absolute atomic E-state index is 5.43. The van der Waals surface area contributed by atoms with Gasteiger partial charge in [0.05, 0.1) is 19.3 Å². The summed E-state index contributed by atoms with van der Waals surface area (Å²) in [5.41, 5.74) is 0. The average molecular weight is 267 g/mol. The van der Waals surface area contributed by atoms with Crippen molar-refractivity contribution in [1.29, 1.82) is 0 Å². The Bertz CT molecular complexity index is 371. The molecule has 106 valence electrons. The van der Waals surface area contributed by atoms with Gasteiger partial charge in [0.1, 0.15) is 0 Å². The fraction of sp³-hybridized carbons (Fsp3) is 0.750. The maximum atomic E-state index is 5.43. The molecule has 1 fully saturated rings. The molecular weight excluding hydrogens is 246 g/mol. The summed E-state index contributed by atoms with van der Waals surface area (Å²) in [5.74, 6) is 1.06. The zero-order valence-corrected chi connectivity index (χ0v) is 11.5. The van der Waals surface area contributed by atoms with Gasteiger partial charge in [0, 0.05) is 13.2 Å². The van der Waals surface area contributed by atoms with Crippen LogP contribution in [0.2, 0.25) is 0 Å². The summed E-state index contributed by atoms with van der Waals surface area (Å²) in [6.07, 6.45) is 2.12. The molecule has 0 radical (unpaired) electrons. The zero-order chi connectivity index (χ0) is 13.5. The maximum Gasteiger partial charge on any atom is 0.323 e. The van der Waals surface area contributed by atoms with Gasteiger partial charge < -0.3 is 20.1 Å². The number of nitrogens with zero attached hydrogens (tertiary/aromatic N) is 3. The van der Waals surface area contributed by atoms with Crippen molar-refractivity contribution in [3.63, 3.8) is 0 Å². The van der Waals surface area contributed by atoms with Gasteiger partial charge in [-0.3, -0.25) is 0 Å². The van der Waals surface area contributed by atoms with E-state index < -0.39 is 0 Å². The van der Waals surface area contributed by atoms with Gasteiger partial charge in [0.15, 0.2) is 0 Å². The lowest BCUT2D eigenvalue weighted by Gasteiger charge is -2.23. The molecule has 0 aliphatic carbocycles. The first-order valence-electron chi connectivity index (χ1n) is 6.78. The molecule has 0 bridgehead atoms. The molecule has 0 amide bonds. The van der Waals surface area contributed by atoms with Crippen LogP contribution in [0.15, 0.2) is 0 Å². The molecule has 0 saturated carbocycles. The summed E-state index contributed by atoms with van der Waals surface area (Å²) in [7, 11) is 0. The molecule has 1 aliphatic heterocycles. The van der Waals surface area contributed by atoms with Gasteiger partial charge in [-0.25, -0.2) is 0 Å². The van der Waals surface area contributed by atoms with Gasteiger partial charge in [-0.1, -0.05) is 0 Å². The summed E-state index contributed by atoms with van der Waals surface area (Å²) in [4.78, 5) is 12.7. The molecule has 1 aromatic heterocycles. The predicted molar refractivity (Wildman–Crippen MR) is 72.6 cm³/mol. The summed E-state index contributed by atoms with van der Waals surface area (Å²) in [5, 5.41) is 6.34. The molecule has 1 atom stereocenters. The number of rotatable bonds is 6. The van der Waals surface area contributed by atoms with Gasteiger partial charge in [-0.15, -0.1) is 0 Å². The first-order chi connectivity index (χ1) is 9.31. The lowest BCUT2D eigenvalue weighted by molar-refractivity contribution is 0.0873. The minimum absolute atomic E-state index is 0.250. The second-order valence-electron chi connectivity index (χ2n) is 4.29. The van der Waals surface area contributed by atoms with Gasteiger partial charge in [0.25, 0.3) is 0 Å². The Balaban J connectivity index is 2.08. The highest BCUT2D eigenvalue weighted by atomic mass is 16.5. The van der Waals surface area contributed by atoms with Crippen LogP contribution in [0.4, 0.5) is 11.9 Å². The number of ether oxygens (including phenoxy) is 2. The van der Waals surface area contributed by atoms with E-state index in [1.54, 1.807) is 0 Å². The van der Waals surface area contributed by atoms with E-state index in [1.807, 2.05) is 13.8 Å². The van der Waals surface area contributed by atoms with Crippen LogP contribution in [-0.2, 0) is 4.74 Å². The fourth-order valence-electron chi connectivity index (χ4n) is 1.89. The van der Waals surface area contributed by atoms with Gasteiger partial charge in [-0.05, 0) is 26.7 Å². The highest BCUT2D eigenvalue weighted by Gasteiger charge is 2.16. The summed E-state index contributed by atoms with van der Waals surface area (Å²) >= 11 is 0. The minimum Gasteiger partial charge on any atom is -0.464 e. The van der Waals surface area contributed by atoms with Crippen molar-refractivity contribution in [2.45, 2.75) is 32.7 Å². The molecule has 7 heteroatoms. The number of aromatic nitrogens is 3. The summed E-state index contributed by atoms with van der Waals surface area (Å²) < 4.78 is 10.8. The Morgan fingerprint density at radius 2 is 2.11 bits per heavy atom. The average Bonchev–Trinajstić information content (AvgIpc) is 2.40. The van der Waals surface area contributed by atoms with Crippen molar-refractivity contribution in [3.05, 3.63) is 0 Å². The summed E-state index contributed by atoms with van der Waals surface area (Å²) in [6, 6.07) is 0.591. The SMILES string of the molecule is CCNc1nc(NC2CCCOC2)nc(OCC)n1. The normalized spacial score (nSPS) is 18.9. The third-order valence-corrected chi connectivity index (χ3v) is 2.72. The third-order valence-electron chi connectivity index (χ3n) is 2.72. The van der Waals surface area contributed by atoms with E-state index in [4.69, 9.17) is 9.47 Å². The quantitative estimate of drug-likeness (QED) is 0.803. The molecule has 7 nitrogen and oxygen atoms in total. The van der Waals surface area contributed by atoms with E-state index >= 15 is 0 Å². The Morgan fingerprint density at radius 1 is 1.26 bits per heavy atom. The first kappa shape index (κ1) is 13.8. The fourth-order valence-corrected chi connectivity index (χ4v) is 1.89. The number of nitrogens with one attached hydrogen (secondary N) is 2. The number of anilines is 2. The van der Waals surface area contributed by atoms with Crippen molar-refractivity contribution in [1.82, 2.24) is 15.0 Å². The smallest absolute Gasteiger partial charge is 0.323 e. The molecular formula is C12H21N5O2. The highest BCUT2D eigenvalue weighted by molar-refractivity contribution is 5.36. The van der Waals surface area contributed by atoms with Crippen LogP contribution >= 0.6 is 0 Å². The van der Waals surface area contributed by atoms with Gasteiger partial charge in [0.2, 0.25) is 11.9 Å². The van der Waals surface area contributed by atoms with E-state index in [2.05, 4.69) is 25.6 Å². The lowest BCUT2D eigenvalue weighted by atomic mass is 10.1. The molecule has 2 rings (SSSR count). The number of hydrogen-bond acceptors (Lipinski definition) is 7. The topological polar surface area (TPSA) is 81.2 Å². The van der Waals surface area contributed by atoms with Crippen molar-refractivity contribution in [2.24, 2.45) is 0 Å². The largest absolute Gasteiger partial charge is 0.464 e. The van der Waals surface area contributed by atoms with Crippen LogP contribution in [0, 0.1) is 0 Å². The second-order valence-corrected chi connectivity index (χ2v) is 4.29. The molecule has 1 aromatic rings. The first-order valence-corrected chi connectivity index (χ1v) is 6.78. The zero-order valence-electron chi connectivity index (χ0n) is 11.5. The molecule has 1 unspecified atom stereocenters. The van der Waals surface area contributed by atoms with Gasteiger partial charge in [-0.2, -0.15) is 15.0 Å². The third kappa shape index (κ3) is 4.20. The van der Waals surface area contributed by atoms with E-state index in [9.17, 15) is 0 Å². The van der Waals surface area contributed by atoms with Gasteiger partial charge >= 0.3 is 6.01 Å². The van der Waals surface area contributed by atoms with Crippen molar-refractivity contribution in [3.8, 4) is 6.01 Å². The van der Waals surface area contributed by atoms with Crippen LogP contribution in [0.1, 0.15) is 26.7 Å². The second kappa shape index (κ2) is 7.08. The molecule has 0 aromatic carbocycles. The Hall–Kier alpha value is -1.63. The lowest BCUT2D eigenvalue weighted by Crippen LogP contribution is -2.31. The Kier molecular flexibility index (Phi) is 5.14. The van der Waals surface area contributed by atoms with E-state index in [0.29, 0.717) is 31.1 Å². The van der Waals surface area contributed by atoms with Crippen LogP contribution < -0.4 is 15.4 Å². The molecule has 2 N–H and O–H groups in total. The highest BCUT2D eigenvalue weighted by Crippen LogP contribution is 2.15. The van der Waals surface area contributed by atoms with Crippen molar-refractivity contribution >= 4 is 11.9 Å². The van der Waals surface area contributed by atoms with Crippen LogP contribution in [-0.4, -0.2) is 47.4 Å². The number of hydrogen-bond donors (Lipinski definition) is 2. The molecule has 1 saturated heterocycles. The van der Waals surface area contributed by atoms with Crippen molar-refractivity contribution < 1.29 is 9.47 Å². The monoisotopic (exact) mass is 267 g/mol. The van der Waals surface area contributed by atoms with Crippen LogP contribution in [0.25, 0.3) is 0 Å². The minimum atomic E-state index is 0.250. The van der Waals surface area contributed by atoms with E-state index in [0.717, 1.165) is 26.0 Å². The van der Waals surface area contributed by atoms with Crippen LogP contribution in [0.3, 0.4) is 0 Å². The summed E-state index contributed by atoms with van der Waals surface area (Å²) in [6.45, 7) is 6.70. The Morgan fingerprint density at radius 3 is 2.79 bits per heavy atom. The molecule has 2 heterocycles.